The van der Waals surface area contributed by atoms with E-state index in [1.807, 2.05) is 18.5 Å². The van der Waals surface area contributed by atoms with Gasteiger partial charge in [-0.3, -0.25) is 0 Å². The van der Waals surface area contributed by atoms with Crippen LogP contribution in [0.5, 0.6) is 0 Å². The summed E-state index contributed by atoms with van der Waals surface area (Å²) in [7, 11) is 1.92. The molecule has 1 aromatic heterocycles. The van der Waals surface area contributed by atoms with Gasteiger partial charge in [-0.05, 0) is 31.0 Å². The van der Waals surface area contributed by atoms with Crippen LogP contribution in [0.2, 0.25) is 0 Å². The smallest absolute Gasteiger partial charge is 0.191 e. The molecule has 2 aromatic rings. The molecule has 0 saturated carbocycles. The van der Waals surface area contributed by atoms with Gasteiger partial charge in [-0.15, -0.1) is 40.8 Å². The molecule has 0 atom stereocenters. The average Bonchev–Trinajstić information content (AvgIpc) is 2.90. The Kier molecular flexibility index (Phi) is 9.11. The van der Waals surface area contributed by atoms with E-state index < -0.39 is 0 Å². The van der Waals surface area contributed by atoms with Crippen LogP contribution < -0.4 is 10.6 Å². The normalized spacial score (nSPS) is 10.9. The van der Waals surface area contributed by atoms with Crippen LogP contribution in [0.1, 0.15) is 17.2 Å². The number of benzene rings is 1. The molecule has 0 aliphatic rings. The fourth-order valence-corrected chi connectivity index (χ4v) is 2.06. The molecule has 2 rings (SSSR count). The van der Waals surface area contributed by atoms with Crippen LogP contribution >= 0.6 is 24.0 Å². The summed E-state index contributed by atoms with van der Waals surface area (Å²) < 4.78 is 14.8. The topological polar surface area (TPSA) is 67.1 Å². The second kappa shape index (κ2) is 10.8. The monoisotopic (exact) mass is 458 g/mol. The van der Waals surface area contributed by atoms with Crippen molar-refractivity contribution in [3.8, 4) is 0 Å². The number of hydrogen-bond donors (Lipinski definition) is 2. The molecule has 0 amide bonds. The van der Waals surface area contributed by atoms with Crippen molar-refractivity contribution < 1.29 is 4.39 Å². The molecule has 1 heterocycles. The standard InChI is InChI=1S/C17H23FN6.HI/c1-4-10-19-17(21-12-16-23-22-13(2)24(16)3)20-11-9-14-5-7-15(18)8-6-14;/h4-8H,1,9-12H2,2-3H3,(H2,19,20,21);1H. The summed E-state index contributed by atoms with van der Waals surface area (Å²) in [5.74, 6) is 2.11. The Labute approximate surface area is 164 Å². The lowest BCUT2D eigenvalue weighted by Crippen LogP contribution is -2.38. The Morgan fingerprint density at radius 1 is 1.28 bits per heavy atom. The van der Waals surface area contributed by atoms with Crippen LogP contribution in [0.15, 0.2) is 41.9 Å². The van der Waals surface area contributed by atoms with E-state index in [1.54, 1.807) is 18.2 Å². The Balaban J connectivity index is 0.00000312. The highest BCUT2D eigenvalue weighted by atomic mass is 127. The number of aromatic nitrogens is 3. The number of guanidine groups is 1. The maximum absolute atomic E-state index is 12.9. The van der Waals surface area contributed by atoms with Crippen molar-refractivity contribution in [3.05, 3.63) is 59.9 Å². The lowest BCUT2D eigenvalue weighted by molar-refractivity contribution is 0.626. The summed E-state index contributed by atoms with van der Waals surface area (Å²) in [5.41, 5.74) is 1.07. The number of nitrogens with one attached hydrogen (secondary N) is 2. The van der Waals surface area contributed by atoms with Gasteiger partial charge < -0.3 is 15.2 Å². The fourth-order valence-electron chi connectivity index (χ4n) is 2.06. The van der Waals surface area contributed by atoms with Crippen molar-refractivity contribution in [2.45, 2.75) is 19.9 Å². The van der Waals surface area contributed by atoms with Gasteiger partial charge >= 0.3 is 0 Å². The first kappa shape index (κ1) is 21.1. The quantitative estimate of drug-likeness (QED) is 0.290. The van der Waals surface area contributed by atoms with E-state index in [2.05, 4.69) is 32.4 Å². The van der Waals surface area contributed by atoms with E-state index in [-0.39, 0.29) is 29.8 Å². The van der Waals surface area contributed by atoms with Gasteiger partial charge in [0.2, 0.25) is 0 Å². The predicted octanol–water partition coefficient (Wildman–Crippen LogP) is 2.34. The molecule has 0 fully saturated rings. The van der Waals surface area contributed by atoms with Crippen molar-refractivity contribution in [2.24, 2.45) is 12.0 Å². The van der Waals surface area contributed by atoms with Crippen molar-refractivity contribution in [1.82, 2.24) is 25.4 Å². The highest BCUT2D eigenvalue weighted by molar-refractivity contribution is 14.0. The molecule has 8 heteroatoms. The minimum absolute atomic E-state index is 0. The van der Waals surface area contributed by atoms with Crippen molar-refractivity contribution in [1.29, 1.82) is 0 Å². The first-order valence-electron chi connectivity index (χ1n) is 7.82. The third-order valence-corrected chi connectivity index (χ3v) is 3.59. The molecule has 0 spiro atoms. The summed E-state index contributed by atoms with van der Waals surface area (Å²) in [5, 5.41) is 14.5. The molecule has 1 aromatic carbocycles. The van der Waals surface area contributed by atoms with E-state index in [9.17, 15) is 4.39 Å². The SMILES string of the molecule is C=CCNC(=NCc1nnc(C)n1C)NCCc1ccc(F)cc1.I. The number of nitrogens with zero attached hydrogens (tertiary/aromatic N) is 4. The Bertz CT molecular complexity index is 696. The number of aryl methyl sites for hydroxylation is 1. The molecule has 2 N–H and O–H groups in total. The lowest BCUT2D eigenvalue weighted by atomic mass is 10.1. The summed E-state index contributed by atoms with van der Waals surface area (Å²) >= 11 is 0. The van der Waals surface area contributed by atoms with Crippen LogP contribution in [0.3, 0.4) is 0 Å². The lowest BCUT2D eigenvalue weighted by Gasteiger charge is -2.11. The third-order valence-electron chi connectivity index (χ3n) is 3.59. The summed E-state index contributed by atoms with van der Waals surface area (Å²) in [6.45, 7) is 7.33. The maximum atomic E-state index is 12.9. The van der Waals surface area contributed by atoms with Gasteiger partial charge in [-0.2, -0.15) is 0 Å². The zero-order valence-electron chi connectivity index (χ0n) is 14.5. The molecule has 0 saturated heterocycles. The number of rotatable bonds is 7. The molecule has 136 valence electrons. The van der Waals surface area contributed by atoms with Crippen LogP contribution in [-0.4, -0.2) is 33.8 Å². The van der Waals surface area contributed by atoms with Gasteiger partial charge in [0.05, 0.1) is 0 Å². The third kappa shape index (κ3) is 6.81. The molecular weight excluding hydrogens is 434 g/mol. The van der Waals surface area contributed by atoms with Gasteiger partial charge in [0.15, 0.2) is 11.8 Å². The van der Waals surface area contributed by atoms with Gasteiger partial charge in [-0.1, -0.05) is 18.2 Å². The van der Waals surface area contributed by atoms with Crippen molar-refractivity contribution in [2.75, 3.05) is 13.1 Å². The number of hydrogen-bond acceptors (Lipinski definition) is 3. The molecule has 25 heavy (non-hydrogen) atoms. The molecule has 6 nitrogen and oxygen atoms in total. The highest BCUT2D eigenvalue weighted by Gasteiger charge is 2.05. The molecule has 0 bridgehead atoms. The Hall–Kier alpha value is -1.97. The largest absolute Gasteiger partial charge is 0.356 e. The zero-order valence-corrected chi connectivity index (χ0v) is 16.8. The molecular formula is C17H24FIN6. The van der Waals surface area contributed by atoms with E-state index in [0.717, 1.165) is 23.6 Å². The second-order valence-corrected chi connectivity index (χ2v) is 5.36. The van der Waals surface area contributed by atoms with Gasteiger partial charge in [0.1, 0.15) is 18.2 Å². The number of aliphatic imine (C=N–C) groups is 1. The van der Waals surface area contributed by atoms with Gasteiger partial charge in [0.25, 0.3) is 0 Å². The van der Waals surface area contributed by atoms with E-state index in [0.29, 0.717) is 25.6 Å². The molecule has 0 radical (unpaired) electrons. The Morgan fingerprint density at radius 2 is 2.00 bits per heavy atom. The molecule has 0 aliphatic heterocycles. The first-order valence-corrected chi connectivity index (χ1v) is 7.82. The van der Waals surface area contributed by atoms with E-state index in [1.165, 1.54) is 12.1 Å². The van der Waals surface area contributed by atoms with E-state index >= 15 is 0 Å². The summed E-state index contributed by atoms with van der Waals surface area (Å²) in [6.07, 6.45) is 2.54. The minimum atomic E-state index is -0.222. The highest BCUT2D eigenvalue weighted by Crippen LogP contribution is 2.03. The van der Waals surface area contributed by atoms with Crippen molar-refractivity contribution in [3.63, 3.8) is 0 Å². The van der Waals surface area contributed by atoms with Crippen molar-refractivity contribution >= 4 is 29.9 Å². The van der Waals surface area contributed by atoms with E-state index in [4.69, 9.17) is 0 Å². The second-order valence-electron chi connectivity index (χ2n) is 5.36. The minimum Gasteiger partial charge on any atom is -0.356 e. The first-order chi connectivity index (χ1) is 11.6. The average molecular weight is 458 g/mol. The van der Waals surface area contributed by atoms with Crippen LogP contribution in [0, 0.1) is 12.7 Å². The zero-order chi connectivity index (χ0) is 17.4. The van der Waals surface area contributed by atoms with Crippen LogP contribution in [0.4, 0.5) is 4.39 Å². The number of halogens is 2. The Morgan fingerprint density at radius 3 is 2.60 bits per heavy atom. The van der Waals surface area contributed by atoms with Gasteiger partial charge in [0, 0.05) is 20.1 Å². The van der Waals surface area contributed by atoms with Crippen LogP contribution in [-0.2, 0) is 20.0 Å². The predicted molar refractivity (Wildman–Crippen MR) is 109 cm³/mol. The summed E-state index contributed by atoms with van der Waals surface area (Å²) in [4.78, 5) is 4.51. The molecule has 0 unspecified atom stereocenters. The maximum Gasteiger partial charge on any atom is 0.191 e. The van der Waals surface area contributed by atoms with Gasteiger partial charge in [-0.25, -0.2) is 9.38 Å². The summed E-state index contributed by atoms with van der Waals surface area (Å²) in [6, 6.07) is 6.51. The molecule has 0 aliphatic carbocycles. The van der Waals surface area contributed by atoms with Crippen LogP contribution in [0.25, 0.3) is 0 Å². The fraction of sp³-hybridized carbons (Fsp3) is 0.353.